The van der Waals surface area contributed by atoms with Crippen molar-refractivity contribution in [3.05, 3.63) is 59.5 Å². The average molecular weight is 282 g/mol. The average Bonchev–Trinajstić information content (AvgIpc) is 2.38. The number of carbonyl (C=O) groups excluding carboxylic acids is 1. The molecule has 1 aliphatic carbocycles. The van der Waals surface area contributed by atoms with E-state index in [1.165, 1.54) is 24.3 Å². The molecule has 0 fully saturated rings. The quantitative estimate of drug-likeness (QED) is 0.804. The molecule has 7 heteroatoms. The highest BCUT2D eigenvalue weighted by atomic mass is 19.4. The van der Waals surface area contributed by atoms with Crippen LogP contribution in [0.15, 0.2) is 64.5 Å². The number of hydroxylamine groups is 2. The monoisotopic (exact) mass is 282 g/mol. The summed E-state index contributed by atoms with van der Waals surface area (Å²) in [6.45, 7) is 0. The van der Waals surface area contributed by atoms with E-state index in [-0.39, 0.29) is 16.5 Å². The molecule has 0 bridgehead atoms. The molecule has 0 aromatic carbocycles. The summed E-state index contributed by atoms with van der Waals surface area (Å²) >= 11 is 0. The lowest BCUT2D eigenvalue weighted by atomic mass is 10.1. The summed E-state index contributed by atoms with van der Waals surface area (Å²) in [7, 11) is 0. The third-order valence-electron chi connectivity index (χ3n) is 2.46. The Kier molecular flexibility index (Phi) is 3.71. The molecule has 1 aliphatic heterocycles. The number of hydrogen-bond donors (Lipinski definition) is 1. The van der Waals surface area contributed by atoms with Crippen molar-refractivity contribution in [2.45, 2.75) is 6.18 Å². The van der Waals surface area contributed by atoms with Crippen molar-refractivity contribution in [1.82, 2.24) is 5.06 Å². The summed E-state index contributed by atoms with van der Waals surface area (Å²) in [5.74, 6) is -0.152. The lowest BCUT2D eigenvalue weighted by molar-refractivity contribution is -0.138. The van der Waals surface area contributed by atoms with E-state index >= 15 is 0 Å². The van der Waals surface area contributed by atoms with Crippen LogP contribution in [0.4, 0.5) is 13.2 Å². The molecule has 0 aromatic heterocycles. The Balaban J connectivity index is 2.23. The molecule has 0 saturated heterocycles. The van der Waals surface area contributed by atoms with Crippen molar-refractivity contribution < 1.29 is 23.2 Å². The van der Waals surface area contributed by atoms with Crippen molar-refractivity contribution in [3.63, 3.8) is 0 Å². The van der Waals surface area contributed by atoms with E-state index in [2.05, 4.69) is 4.99 Å². The summed E-state index contributed by atoms with van der Waals surface area (Å²) in [5, 5.41) is 8.98. The third kappa shape index (κ3) is 3.33. The van der Waals surface area contributed by atoms with Crippen LogP contribution in [-0.4, -0.2) is 28.6 Å². The summed E-state index contributed by atoms with van der Waals surface area (Å²) in [6.07, 6.45) is 5.37. The van der Waals surface area contributed by atoms with Gasteiger partial charge in [0.05, 0.1) is 5.70 Å². The van der Waals surface area contributed by atoms with Crippen LogP contribution >= 0.6 is 0 Å². The Morgan fingerprint density at radius 3 is 2.40 bits per heavy atom. The number of allylic oxidation sites excluding steroid dienone is 9. The number of carbonyl (C=O) groups is 1. The van der Waals surface area contributed by atoms with E-state index in [4.69, 9.17) is 5.21 Å². The molecule has 1 N–H and O–H groups in total. The van der Waals surface area contributed by atoms with E-state index in [0.717, 1.165) is 6.08 Å². The number of alkyl halides is 3. The minimum atomic E-state index is -4.68. The van der Waals surface area contributed by atoms with Crippen molar-refractivity contribution in [3.8, 4) is 0 Å². The lowest BCUT2D eigenvalue weighted by Crippen LogP contribution is -2.30. The second-order valence-electron chi connectivity index (χ2n) is 3.94. The summed E-state index contributed by atoms with van der Waals surface area (Å²) < 4.78 is 37.7. The Hall–Kier alpha value is -2.41. The van der Waals surface area contributed by atoms with Crippen LogP contribution < -0.4 is 0 Å². The third-order valence-corrected chi connectivity index (χ3v) is 2.46. The van der Waals surface area contributed by atoms with Crippen LogP contribution in [-0.2, 0) is 4.79 Å². The van der Waals surface area contributed by atoms with Gasteiger partial charge in [-0.1, -0.05) is 18.2 Å². The maximum Gasteiger partial charge on any atom is 0.433 e. The molecule has 2 rings (SSSR count). The molecule has 0 radical (unpaired) electrons. The molecule has 0 unspecified atom stereocenters. The SMILES string of the molecule is O=C1C=CC(=CC=C2C=C(C(F)(F)F)N(O)C=N2)C=C1. The molecule has 104 valence electrons. The molecule has 4 nitrogen and oxygen atoms in total. The first-order chi connectivity index (χ1) is 9.36. The summed E-state index contributed by atoms with van der Waals surface area (Å²) in [5.41, 5.74) is -0.531. The fourth-order valence-electron chi connectivity index (χ4n) is 1.49. The molecule has 0 amide bonds. The van der Waals surface area contributed by atoms with Gasteiger partial charge in [-0.3, -0.25) is 10.0 Å². The number of nitrogens with zero attached hydrogens (tertiary/aromatic N) is 2. The zero-order chi connectivity index (χ0) is 14.8. The van der Waals surface area contributed by atoms with Gasteiger partial charge in [0.1, 0.15) is 6.34 Å². The second-order valence-corrected chi connectivity index (χ2v) is 3.94. The van der Waals surface area contributed by atoms with Crippen LogP contribution in [0.25, 0.3) is 0 Å². The van der Waals surface area contributed by atoms with Crippen molar-refractivity contribution >= 4 is 12.1 Å². The highest BCUT2D eigenvalue weighted by Crippen LogP contribution is 2.30. The second kappa shape index (κ2) is 5.30. The number of halogens is 3. The first-order valence-corrected chi connectivity index (χ1v) is 5.49. The van der Waals surface area contributed by atoms with Gasteiger partial charge in [-0.2, -0.15) is 13.2 Å². The van der Waals surface area contributed by atoms with Gasteiger partial charge in [-0.05, 0) is 29.9 Å². The smallest absolute Gasteiger partial charge is 0.290 e. The number of rotatable bonds is 1. The van der Waals surface area contributed by atoms with Crippen LogP contribution in [0, 0.1) is 0 Å². The van der Waals surface area contributed by atoms with Gasteiger partial charge in [0, 0.05) is 0 Å². The summed E-state index contributed by atoms with van der Waals surface area (Å²) in [6, 6.07) is 0. The van der Waals surface area contributed by atoms with E-state index in [1.807, 2.05) is 0 Å². The van der Waals surface area contributed by atoms with E-state index in [1.54, 1.807) is 12.2 Å². The maximum absolute atomic E-state index is 12.6. The molecule has 0 atom stereocenters. The normalized spacial score (nSPS) is 20.7. The Morgan fingerprint density at radius 2 is 1.80 bits per heavy atom. The number of ketones is 1. The fourth-order valence-corrected chi connectivity index (χ4v) is 1.49. The Labute approximate surface area is 112 Å². The molecule has 20 heavy (non-hydrogen) atoms. The van der Waals surface area contributed by atoms with Gasteiger partial charge in [0.15, 0.2) is 11.5 Å². The molecule has 0 spiro atoms. The zero-order valence-electron chi connectivity index (χ0n) is 10.0. The van der Waals surface area contributed by atoms with E-state index in [0.29, 0.717) is 11.9 Å². The summed E-state index contributed by atoms with van der Waals surface area (Å²) in [4.78, 5) is 14.5. The van der Waals surface area contributed by atoms with Crippen LogP contribution in [0.5, 0.6) is 0 Å². The standard InChI is InChI=1S/C13H9F3N2O2/c14-13(15,16)12-7-10(17-8-18(12)20)4-1-9-2-5-11(19)6-3-9/h1-8,20H. The molecule has 1 heterocycles. The minimum Gasteiger partial charge on any atom is -0.290 e. The van der Waals surface area contributed by atoms with Crippen molar-refractivity contribution in [2.75, 3.05) is 0 Å². The van der Waals surface area contributed by atoms with Crippen molar-refractivity contribution in [1.29, 1.82) is 0 Å². The van der Waals surface area contributed by atoms with Gasteiger partial charge in [0.25, 0.3) is 0 Å². The fraction of sp³-hybridized carbons (Fsp3) is 0.0769. The van der Waals surface area contributed by atoms with Crippen LogP contribution in [0.1, 0.15) is 0 Å². The zero-order valence-corrected chi connectivity index (χ0v) is 10.0. The molecular weight excluding hydrogens is 273 g/mol. The molecule has 0 saturated carbocycles. The largest absolute Gasteiger partial charge is 0.433 e. The van der Waals surface area contributed by atoms with Crippen LogP contribution in [0.2, 0.25) is 0 Å². The van der Waals surface area contributed by atoms with Gasteiger partial charge in [-0.25, -0.2) is 10.1 Å². The minimum absolute atomic E-state index is 0.0359. The number of aliphatic imine (C=N–C) groups is 1. The predicted octanol–water partition coefficient (Wildman–Crippen LogP) is 2.67. The molecular formula is C13H9F3N2O2. The van der Waals surface area contributed by atoms with Gasteiger partial charge in [-0.15, -0.1) is 0 Å². The lowest BCUT2D eigenvalue weighted by Gasteiger charge is -2.20. The number of hydrogen-bond acceptors (Lipinski definition) is 4. The topological polar surface area (TPSA) is 52.9 Å². The van der Waals surface area contributed by atoms with Gasteiger partial charge in [0.2, 0.25) is 0 Å². The van der Waals surface area contributed by atoms with Crippen LogP contribution in [0.3, 0.4) is 0 Å². The van der Waals surface area contributed by atoms with Crippen molar-refractivity contribution in [2.24, 2.45) is 4.99 Å². The van der Waals surface area contributed by atoms with Gasteiger partial charge < -0.3 is 0 Å². The first-order valence-electron chi connectivity index (χ1n) is 5.49. The highest BCUT2D eigenvalue weighted by Gasteiger charge is 2.38. The van der Waals surface area contributed by atoms with E-state index in [9.17, 15) is 18.0 Å². The Morgan fingerprint density at radius 1 is 1.15 bits per heavy atom. The maximum atomic E-state index is 12.6. The first kappa shape index (κ1) is 14.0. The van der Waals surface area contributed by atoms with E-state index < -0.39 is 11.9 Å². The highest BCUT2D eigenvalue weighted by molar-refractivity contribution is 6.01. The Bertz CT molecular complexity index is 590. The van der Waals surface area contributed by atoms with Gasteiger partial charge >= 0.3 is 6.18 Å². The molecule has 2 aliphatic rings. The predicted molar refractivity (Wildman–Crippen MR) is 65.7 cm³/mol. The molecule has 0 aromatic rings.